The predicted molar refractivity (Wildman–Crippen MR) is 113 cm³/mol. The van der Waals surface area contributed by atoms with Gasteiger partial charge in [-0.1, -0.05) is 30.0 Å². The molecule has 2 atom stereocenters. The number of carbonyl (C=O) groups excluding carboxylic acids is 2. The van der Waals surface area contributed by atoms with Crippen LogP contribution in [0.5, 0.6) is 0 Å². The van der Waals surface area contributed by atoms with Gasteiger partial charge in [-0.25, -0.2) is 4.98 Å². The van der Waals surface area contributed by atoms with Crippen molar-refractivity contribution in [3.05, 3.63) is 35.9 Å². The maximum Gasteiger partial charge on any atom is 0.252 e. The van der Waals surface area contributed by atoms with Crippen molar-refractivity contribution >= 4 is 34.5 Å². The number of rotatable bonds is 5. The number of hydrogen-bond acceptors (Lipinski definition) is 4. The SMILES string of the molecule is CC1CCCC(C)N1C(=O)CSc1cc(C(=O)NC2CC2)c2ccccc2n1. The Balaban J connectivity index is 1.53. The number of pyridine rings is 1. The Morgan fingerprint density at radius 1 is 1.14 bits per heavy atom. The predicted octanol–water partition coefficient (Wildman–Crippen LogP) is 4.01. The third-order valence-corrected chi connectivity index (χ3v) is 6.57. The Kier molecular flexibility index (Phi) is 5.58. The zero-order valence-corrected chi connectivity index (χ0v) is 17.3. The maximum atomic E-state index is 12.8. The molecule has 28 heavy (non-hydrogen) atoms. The van der Waals surface area contributed by atoms with Gasteiger partial charge in [-0.15, -0.1) is 0 Å². The van der Waals surface area contributed by atoms with Gasteiger partial charge in [0.2, 0.25) is 5.91 Å². The van der Waals surface area contributed by atoms with Crippen molar-refractivity contribution in [1.29, 1.82) is 0 Å². The largest absolute Gasteiger partial charge is 0.349 e. The summed E-state index contributed by atoms with van der Waals surface area (Å²) < 4.78 is 0. The average molecular weight is 398 g/mol. The molecule has 148 valence electrons. The normalized spacial score (nSPS) is 22.3. The molecule has 6 heteroatoms. The number of nitrogens with zero attached hydrogens (tertiary/aromatic N) is 2. The van der Waals surface area contributed by atoms with Gasteiger partial charge in [0.05, 0.1) is 21.9 Å². The van der Waals surface area contributed by atoms with Crippen LogP contribution < -0.4 is 5.32 Å². The van der Waals surface area contributed by atoms with Crippen LogP contribution in [0.2, 0.25) is 0 Å². The lowest BCUT2D eigenvalue weighted by atomic mass is 9.98. The monoisotopic (exact) mass is 397 g/mol. The van der Waals surface area contributed by atoms with E-state index in [4.69, 9.17) is 0 Å². The van der Waals surface area contributed by atoms with Crippen LogP contribution in [-0.2, 0) is 4.79 Å². The van der Waals surface area contributed by atoms with Gasteiger partial charge in [0, 0.05) is 23.5 Å². The summed E-state index contributed by atoms with van der Waals surface area (Å²) in [6.07, 6.45) is 5.43. The molecule has 1 aromatic carbocycles. The summed E-state index contributed by atoms with van der Waals surface area (Å²) >= 11 is 1.42. The quantitative estimate of drug-likeness (QED) is 0.775. The van der Waals surface area contributed by atoms with Gasteiger partial charge in [-0.05, 0) is 58.1 Å². The summed E-state index contributed by atoms with van der Waals surface area (Å²) in [6, 6.07) is 10.4. The molecule has 1 aliphatic heterocycles. The Morgan fingerprint density at radius 2 is 1.86 bits per heavy atom. The third kappa shape index (κ3) is 4.17. The van der Waals surface area contributed by atoms with E-state index in [-0.39, 0.29) is 11.8 Å². The van der Waals surface area contributed by atoms with E-state index in [1.807, 2.05) is 35.2 Å². The van der Waals surface area contributed by atoms with Crippen molar-refractivity contribution in [2.24, 2.45) is 0 Å². The molecule has 0 radical (unpaired) electrons. The zero-order chi connectivity index (χ0) is 19.7. The summed E-state index contributed by atoms with van der Waals surface area (Å²) in [5.41, 5.74) is 1.44. The molecule has 0 bridgehead atoms. The van der Waals surface area contributed by atoms with E-state index in [1.54, 1.807) is 0 Å². The molecule has 2 heterocycles. The molecule has 5 nitrogen and oxygen atoms in total. The second-order valence-corrected chi connectivity index (χ2v) is 8.99. The highest BCUT2D eigenvalue weighted by Gasteiger charge is 2.29. The number of thioether (sulfide) groups is 1. The fraction of sp³-hybridized carbons (Fsp3) is 0.500. The molecule has 1 aliphatic carbocycles. The third-order valence-electron chi connectivity index (χ3n) is 5.67. The molecule has 0 spiro atoms. The fourth-order valence-electron chi connectivity index (χ4n) is 4.03. The van der Waals surface area contributed by atoms with Crippen molar-refractivity contribution in [2.45, 2.75) is 69.1 Å². The molecule has 2 amide bonds. The number of aromatic nitrogens is 1. The van der Waals surface area contributed by atoms with Gasteiger partial charge in [0.25, 0.3) is 5.91 Å². The van der Waals surface area contributed by atoms with E-state index in [9.17, 15) is 9.59 Å². The van der Waals surface area contributed by atoms with Crippen molar-refractivity contribution < 1.29 is 9.59 Å². The minimum atomic E-state index is -0.0486. The smallest absolute Gasteiger partial charge is 0.252 e. The number of carbonyl (C=O) groups is 2. The molecule has 4 rings (SSSR count). The molecular formula is C22H27N3O2S. The lowest BCUT2D eigenvalue weighted by Crippen LogP contribution is -2.48. The van der Waals surface area contributed by atoms with Crippen LogP contribution in [0.1, 0.15) is 56.3 Å². The topological polar surface area (TPSA) is 62.3 Å². The van der Waals surface area contributed by atoms with Crippen LogP contribution in [0, 0.1) is 0 Å². The number of piperidine rings is 1. The molecule has 1 aromatic heterocycles. The minimum absolute atomic E-state index is 0.0486. The van der Waals surface area contributed by atoms with E-state index < -0.39 is 0 Å². The van der Waals surface area contributed by atoms with Crippen LogP contribution in [0.4, 0.5) is 0 Å². The van der Waals surface area contributed by atoms with Crippen LogP contribution in [0.25, 0.3) is 10.9 Å². The minimum Gasteiger partial charge on any atom is -0.349 e. The van der Waals surface area contributed by atoms with E-state index >= 15 is 0 Å². The number of benzene rings is 1. The Bertz CT molecular complexity index is 886. The number of likely N-dealkylation sites (tertiary alicyclic amines) is 1. The highest BCUT2D eigenvalue weighted by atomic mass is 32.2. The molecular weight excluding hydrogens is 370 g/mol. The summed E-state index contributed by atoms with van der Waals surface area (Å²) in [5.74, 6) is 0.458. The number of amides is 2. The first kappa shape index (κ1) is 19.2. The standard InChI is InChI=1S/C22H27N3O2S/c1-14-6-5-7-15(2)25(14)21(26)13-28-20-12-18(22(27)23-16-10-11-16)17-8-3-4-9-19(17)24-20/h3-4,8-9,12,14-16H,5-7,10-11,13H2,1-2H3,(H,23,27). The number of hydrogen-bond donors (Lipinski definition) is 1. The first-order valence-electron chi connectivity index (χ1n) is 10.2. The van der Waals surface area contributed by atoms with Gasteiger partial charge in [-0.3, -0.25) is 9.59 Å². The van der Waals surface area contributed by atoms with Gasteiger partial charge >= 0.3 is 0 Å². The molecule has 2 unspecified atom stereocenters. The van der Waals surface area contributed by atoms with E-state index in [0.717, 1.165) is 41.6 Å². The highest BCUT2D eigenvalue weighted by molar-refractivity contribution is 7.99. The van der Waals surface area contributed by atoms with E-state index in [0.29, 0.717) is 29.4 Å². The summed E-state index contributed by atoms with van der Waals surface area (Å²) in [5, 5.41) is 4.65. The van der Waals surface area contributed by atoms with Gasteiger partial charge in [0.1, 0.15) is 0 Å². The molecule has 1 N–H and O–H groups in total. The van der Waals surface area contributed by atoms with Gasteiger partial charge < -0.3 is 10.2 Å². The zero-order valence-electron chi connectivity index (χ0n) is 16.5. The van der Waals surface area contributed by atoms with Crippen LogP contribution in [0.3, 0.4) is 0 Å². The van der Waals surface area contributed by atoms with Crippen molar-refractivity contribution in [2.75, 3.05) is 5.75 Å². The van der Waals surface area contributed by atoms with Gasteiger partial charge in [0.15, 0.2) is 0 Å². The van der Waals surface area contributed by atoms with Gasteiger partial charge in [-0.2, -0.15) is 0 Å². The first-order chi connectivity index (χ1) is 13.5. The van der Waals surface area contributed by atoms with Crippen LogP contribution >= 0.6 is 11.8 Å². The summed E-state index contributed by atoms with van der Waals surface area (Å²) in [6.45, 7) is 4.26. The highest BCUT2D eigenvalue weighted by Crippen LogP contribution is 2.28. The van der Waals surface area contributed by atoms with E-state index in [2.05, 4.69) is 24.1 Å². The van der Waals surface area contributed by atoms with Crippen molar-refractivity contribution in [3.63, 3.8) is 0 Å². The van der Waals surface area contributed by atoms with Crippen LogP contribution in [0.15, 0.2) is 35.4 Å². The lowest BCUT2D eigenvalue weighted by molar-refractivity contribution is -0.134. The molecule has 2 fully saturated rings. The van der Waals surface area contributed by atoms with E-state index in [1.165, 1.54) is 18.2 Å². The second-order valence-electron chi connectivity index (χ2n) is 7.99. The number of nitrogens with one attached hydrogen (secondary N) is 1. The summed E-state index contributed by atoms with van der Waals surface area (Å²) in [4.78, 5) is 32.2. The molecule has 2 aliphatic rings. The number of fused-ring (bicyclic) bond motifs is 1. The second kappa shape index (κ2) is 8.11. The van der Waals surface area contributed by atoms with Crippen molar-refractivity contribution in [3.8, 4) is 0 Å². The molecule has 1 saturated heterocycles. The molecule has 1 saturated carbocycles. The molecule has 2 aromatic rings. The summed E-state index contributed by atoms with van der Waals surface area (Å²) in [7, 11) is 0. The average Bonchev–Trinajstić information content (AvgIpc) is 3.49. The first-order valence-corrected chi connectivity index (χ1v) is 11.2. The number of para-hydroxylation sites is 1. The van der Waals surface area contributed by atoms with Crippen LogP contribution in [-0.4, -0.2) is 45.6 Å². The Hall–Kier alpha value is -2.08. The Labute approximate surface area is 170 Å². The maximum absolute atomic E-state index is 12.8. The Morgan fingerprint density at radius 3 is 2.57 bits per heavy atom. The lowest BCUT2D eigenvalue weighted by Gasteiger charge is -2.39. The fourth-order valence-corrected chi connectivity index (χ4v) is 4.81. The van der Waals surface area contributed by atoms with Crippen molar-refractivity contribution in [1.82, 2.24) is 15.2 Å².